The van der Waals surface area contributed by atoms with Crippen LogP contribution in [0, 0.1) is 0 Å². The third-order valence-corrected chi connectivity index (χ3v) is 2.09. The fourth-order valence-electron chi connectivity index (χ4n) is 0.523. The van der Waals surface area contributed by atoms with E-state index in [1.807, 2.05) is 24.5 Å². The molecule has 0 aromatic heterocycles. The molecule has 0 aliphatic carbocycles. The molecule has 1 atom stereocenters. The van der Waals surface area contributed by atoms with Gasteiger partial charge in [0.2, 0.25) is 0 Å². The molecule has 1 aliphatic rings. The third kappa shape index (κ3) is 1.14. The molecule has 1 rings (SSSR count). The van der Waals surface area contributed by atoms with Gasteiger partial charge in [0, 0.05) is 0 Å². The lowest BCUT2D eigenvalue weighted by atomic mass is 10.3. The topological polar surface area (TPSA) is 26.0 Å². The second kappa shape index (κ2) is 2.37. The van der Waals surface area contributed by atoms with Crippen molar-refractivity contribution in [3.8, 4) is 0 Å². The first-order chi connectivity index (χ1) is 3.80. The van der Waals surface area contributed by atoms with Gasteiger partial charge in [-0.15, -0.1) is 11.8 Å². The van der Waals surface area contributed by atoms with Gasteiger partial charge in [-0.2, -0.15) is 0 Å². The van der Waals surface area contributed by atoms with Gasteiger partial charge < -0.3 is 5.73 Å². The highest BCUT2D eigenvalue weighted by molar-refractivity contribution is 8.02. The fourth-order valence-corrected chi connectivity index (χ4v) is 1.16. The van der Waals surface area contributed by atoms with Crippen molar-refractivity contribution in [1.29, 1.82) is 0 Å². The molecule has 0 bridgehead atoms. The second-order valence-electron chi connectivity index (χ2n) is 1.80. The number of nitrogens with two attached hydrogens (primary N) is 1. The Bertz CT molecular complexity index is 137. The molecule has 0 aromatic rings. The maximum absolute atomic E-state index is 5.62. The Morgan fingerprint density at radius 2 is 2.50 bits per heavy atom. The summed E-state index contributed by atoms with van der Waals surface area (Å²) in [6, 6.07) is 0. The molecule has 0 saturated heterocycles. The molecule has 1 aliphatic heterocycles. The molecule has 0 spiro atoms. The summed E-state index contributed by atoms with van der Waals surface area (Å²) < 4.78 is 0. The van der Waals surface area contributed by atoms with Crippen molar-refractivity contribution in [3.63, 3.8) is 0 Å². The van der Waals surface area contributed by atoms with Crippen LogP contribution in [0.5, 0.6) is 0 Å². The van der Waals surface area contributed by atoms with Crippen LogP contribution in [0.3, 0.4) is 0 Å². The summed E-state index contributed by atoms with van der Waals surface area (Å²) in [5, 5.41) is 2.21. The van der Waals surface area contributed by atoms with Gasteiger partial charge in [0.1, 0.15) is 0 Å². The zero-order chi connectivity index (χ0) is 5.98. The minimum absolute atomic E-state index is 0.194. The van der Waals surface area contributed by atoms with E-state index in [1.54, 1.807) is 11.8 Å². The molecule has 0 saturated carbocycles. The molecule has 2 heteroatoms. The third-order valence-electron chi connectivity index (χ3n) is 1.11. The van der Waals surface area contributed by atoms with E-state index in [9.17, 15) is 0 Å². The number of hydrogen-bond acceptors (Lipinski definition) is 2. The Kier molecular flexibility index (Phi) is 1.76. The zero-order valence-electron chi connectivity index (χ0n) is 4.79. The lowest BCUT2D eigenvalue weighted by Gasteiger charge is -2.10. The Morgan fingerprint density at radius 1 is 1.75 bits per heavy atom. The van der Waals surface area contributed by atoms with Crippen LogP contribution in [-0.2, 0) is 0 Å². The van der Waals surface area contributed by atoms with Gasteiger partial charge in [-0.1, -0.05) is 12.2 Å². The summed E-state index contributed by atoms with van der Waals surface area (Å²) in [7, 11) is 0. The van der Waals surface area contributed by atoms with Crippen molar-refractivity contribution in [2.75, 3.05) is 0 Å². The van der Waals surface area contributed by atoms with E-state index in [2.05, 4.69) is 0 Å². The van der Waals surface area contributed by atoms with Crippen molar-refractivity contribution in [2.24, 2.45) is 5.73 Å². The van der Waals surface area contributed by atoms with Crippen LogP contribution in [-0.4, -0.2) is 5.37 Å². The molecular weight excluding hydrogens is 118 g/mol. The zero-order valence-corrected chi connectivity index (χ0v) is 5.61. The molecule has 0 fully saturated rings. The first-order valence-corrected chi connectivity index (χ1v) is 3.49. The lowest BCUT2D eigenvalue weighted by molar-refractivity contribution is 1.06. The first-order valence-electron chi connectivity index (χ1n) is 2.55. The van der Waals surface area contributed by atoms with Gasteiger partial charge in [-0.05, 0) is 17.9 Å². The molecule has 1 unspecified atom stereocenters. The van der Waals surface area contributed by atoms with Crippen molar-refractivity contribution in [1.82, 2.24) is 0 Å². The van der Waals surface area contributed by atoms with Crippen LogP contribution in [0.15, 0.2) is 23.1 Å². The number of hydrogen-bond donors (Lipinski definition) is 1. The molecule has 0 aromatic carbocycles. The van der Waals surface area contributed by atoms with Crippen molar-refractivity contribution < 1.29 is 0 Å². The minimum Gasteiger partial charge on any atom is -0.316 e. The monoisotopic (exact) mass is 127 g/mol. The smallest absolute Gasteiger partial charge is 0.0765 e. The van der Waals surface area contributed by atoms with Gasteiger partial charge in [0.15, 0.2) is 0 Å². The molecule has 44 valence electrons. The van der Waals surface area contributed by atoms with E-state index < -0.39 is 0 Å². The molecular formula is C6H9NS. The number of thioether (sulfide) groups is 1. The lowest BCUT2D eigenvalue weighted by Crippen LogP contribution is -2.16. The highest BCUT2D eigenvalue weighted by Gasteiger charge is 2.03. The molecule has 8 heavy (non-hydrogen) atoms. The summed E-state index contributed by atoms with van der Waals surface area (Å²) in [4.78, 5) is 0. The molecule has 1 heterocycles. The molecule has 1 nitrogen and oxygen atoms in total. The average molecular weight is 127 g/mol. The average Bonchev–Trinajstić information content (AvgIpc) is 1.77. The summed E-state index contributed by atoms with van der Waals surface area (Å²) in [5.41, 5.74) is 6.87. The second-order valence-corrected chi connectivity index (χ2v) is 2.85. The summed E-state index contributed by atoms with van der Waals surface area (Å²) in [5.74, 6) is 0. The van der Waals surface area contributed by atoms with E-state index in [1.165, 1.54) is 5.57 Å². The highest BCUT2D eigenvalue weighted by Crippen LogP contribution is 2.19. The largest absolute Gasteiger partial charge is 0.316 e. The molecule has 0 radical (unpaired) electrons. The van der Waals surface area contributed by atoms with Crippen LogP contribution in [0.25, 0.3) is 0 Å². The van der Waals surface area contributed by atoms with E-state index in [0.717, 1.165) is 0 Å². The van der Waals surface area contributed by atoms with Gasteiger partial charge >= 0.3 is 0 Å². The standard InChI is InChI=1S/C6H9NS/c1-5-3-2-4-8-6(5)7/h2-4,6H,7H2,1H3. The minimum atomic E-state index is 0.194. The Morgan fingerprint density at radius 3 is 2.88 bits per heavy atom. The van der Waals surface area contributed by atoms with Crippen molar-refractivity contribution in [2.45, 2.75) is 12.3 Å². The predicted octanol–water partition coefficient (Wildman–Crippen LogP) is 1.48. The van der Waals surface area contributed by atoms with Crippen LogP contribution in [0.1, 0.15) is 6.92 Å². The van der Waals surface area contributed by atoms with Gasteiger partial charge in [0.25, 0.3) is 0 Å². The van der Waals surface area contributed by atoms with Crippen molar-refractivity contribution in [3.05, 3.63) is 23.1 Å². The van der Waals surface area contributed by atoms with Gasteiger partial charge in [-0.25, -0.2) is 0 Å². The first kappa shape index (κ1) is 5.92. The van der Waals surface area contributed by atoms with E-state index >= 15 is 0 Å². The Labute approximate surface area is 53.6 Å². The van der Waals surface area contributed by atoms with E-state index in [0.29, 0.717) is 0 Å². The Balaban J connectivity index is 2.66. The fraction of sp³-hybridized carbons (Fsp3) is 0.333. The normalized spacial score (nSPS) is 27.8. The SMILES string of the molecule is CC1=CC=CSC1N. The predicted molar refractivity (Wildman–Crippen MR) is 38.5 cm³/mol. The summed E-state index contributed by atoms with van der Waals surface area (Å²) >= 11 is 1.66. The van der Waals surface area contributed by atoms with Crippen LogP contribution < -0.4 is 5.73 Å². The van der Waals surface area contributed by atoms with Crippen LogP contribution in [0.4, 0.5) is 0 Å². The van der Waals surface area contributed by atoms with Gasteiger partial charge in [-0.3, -0.25) is 0 Å². The summed E-state index contributed by atoms with van der Waals surface area (Å²) in [6.45, 7) is 2.04. The highest BCUT2D eigenvalue weighted by atomic mass is 32.2. The van der Waals surface area contributed by atoms with E-state index in [-0.39, 0.29) is 5.37 Å². The number of rotatable bonds is 0. The van der Waals surface area contributed by atoms with Gasteiger partial charge in [0.05, 0.1) is 5.37 Å². The van der Waals surface area contributed by atoms with Crippen molar-refractivity contribution >= 4 is 11.8 Å². The maximum atomic E-state index is 5.62. The molecule has 0 amide bonds. The van der Waals surface area contributed by atoms with E-state index in [4.69, 9.17) is 5.73 Å². The number of allylic oxidation sites excluding steroid dienone is 2. The maximum Gasteiger partial charge on any atom is 0.0765 e. The quantitative estimate of drug-likeness (QED) is 0.533. The Hall–Kier alpha value is -0.210. The van der Waals surface area contributed by atoms with Crippen LogP contribution in [0.2, 0.25) is 0 Å². The van der Waals surface area contributed by atoms with Crippen LogP contribution >= 0.6 is 11.8 Å². The summed E-state index contributed by atoms with van der Waals surface area (Å²) in [6.07, 6.45) is 4.06. The molecule has 2 N–H and O–H groups in total.